The Morgan fingerprint density at radius 2 is 1.88 bits per heavy atom. The minimum absolute atomic E-state index is 0.252. The Bertz CT molecular complexity index is 902. The van der Waals surface area contributed by atoms with E-state index in [0.717, 1.165) is 27.9 Å². The molecule has 0 atom stereocenters. The van der Waals surface area contributed by atoms with Crippen LogP contribution in [0.4, 0.5) is 5.69 Å². The van der Waals surface area contributed by atoms with E-state index in [0.29, 0.717) is 5.84 Å². The summed E-state index contributed by atoms with van der Waals surface area (Å²) in [6.45, 7) is 5.60. The fraction of sp³-hybridized carbons (Fsp3) is 0.0500. The zero-order valence-electron chi connectivity index (χ0n) is 13.3. The number of aromatic nitrogens is 1. The van der Waals surface area contributed by atoms with Crippen LogP contribution in [0.3, 0.4) is 0 Å². The van der Waals surface area contributed by atoms with Crippen LogP contribution >= 0.6 is 0 Å². The van der Waals surface area contributed by atoms with Crippen molar-refractivity contribution in [3.63, 3.8) is 0 Å². The molecule has 1 aromatic heterocycles. The quantitative estimate of drug-likeness (QED) is 0.570. The Hall–Kier alpha value is -3.27. The summed E-state index contributed by atoms with van der Waals surface area (Å²) in [6.07, 6.45) is 3.42. The van der Waals surface area contributed by atoms with Crippen molar-refractivity contribution in [1.29, 1.82) is 0 Å². The average molecular weight is 315 g/mol. The molecular formula is C20H17N3O. The number of aliphatic imine (C=N–C) groups is 2. The van der Waals surface area contributed by atoms with E-state index in [-0.39, 0.29) is 5.75 Å². The molecule has 0 unspecified atom stereocenters. The van der Waals surface area contributed by atoms with Crippen LogP contribution in [0.25, 0.3) is 11.1 Å². The largest absolute Gasteiger partial charge is 0.508 e. The van der Waals surface area contributed by atoms with Crippen LogP contribution in [0.1, 0.15) is 11.1 Å². The van der Waals surface area contributed by atoms with Gasteiger partial charge in [0.1, 0.15) is 5.75 Å². The molecule has 0 radical (unpaired) electrons. The predicted octanol–water partition coefficient (Wildman–Crippen LogP) is 4.54. The Balaban J connectivity index is 1.98. The second-order valence-corrected chi connectivity index (χ2v) is 5.39. The average Bonchev–Trinajstić information content (AvgIpc) is 2.61. The molecule has 4 heteroatoms. The summed E-state index contributed by atoms with van der Waals surface area (Å²) < 4.78 is 0. The van der Waals surface area contributed by atoms with Gasteiger partial charge in [-0.15, -0.1) is 0 Å². The number of pyridine rings is 1. The summed E-state index contributed by atoms with van der Waals surface area (Å²) in [4.78, 5) is 12.7. The first-order chi connectivity index (χ1) is 11.7. The number of hydrogen-bond acceptors (Lipinski definition) is 3. The van der Waals surface area contributed by atoms with Gasteiger partial charge in [0, 0.05) is 18.0 Å². The van der Waals surface area contributed by atoms with Crippen molar-refractivity contribution in [2.75, 3.05) is 0 Å². The van der Waals surface area contributed by atoms with Gasteiger partial charge in [-0.3, -0.25) is 4.98 Å². The van der Waals surface area contributed by atoms with Crippen LogP contribution in [0.2, 0.25) is 0 Å². The molecule has 0 aliphatic heterocycles. The Morgan fingerprint density at radius 3 is 2.54 bits per heavy atom. The highest BCUT2D eigenvalue weighted by molar-refractivity contribution is 6.02. The summed E-state index contributed by atoms with van der Waals surface area (Å²) >= 11 is 0. The van der Waals surface area contributed by atoms with E-state index in [4.69, 9.17) is 0 Å². The maximum atomic E-state index is 9.63. The fourth-order valence-electron chi connectivity index (χ4n) is 2.45. The first-order valence-corrected chi connectivity index (χ1v) is 7.53. The molecule has 1 N–H and O–H groups in total. The van der Waals surface area contributed by atoms with E-state index in [1.807, 2.05) is 49.4 Å². The van der Waals surface area contributed by atoms with Crippen LogP contribution in [0.15, 0.2) is 77.0 Å². The van der Waals surface area contributed by atoms with Crippen molar-refractivity contribution in [3.8, 4) is 16.9 Å². The fourth-order valence-corrected chi connectivity index (χ4v) is 2.45. The van der Waals surface area contributed by atoms with Gasteiger partial charge in [0.25, 0.3) is 0 Å². The summed E-state index contributed by atoms with van der Waals surface area (Å²) in [5.74, 6) is 0.790. The van der Waals surface area contributed by atoms with E-state index in [1.165, 1.54) is 0 Å². The standard InChI is InChI=1S/C20H17N3O/c1-14-11-16(15-5-3-7-18(24)12-15)8-9-19(14)23-20(21-2)17-6-4-10-22-13-17/h3-13,24H,2H2,1H3. The number of aromatic hydroxyl groups is 1. The molecule has 3 aromatic rings. The number of rotatable bonds is 3. The normalized spacial score (nSPS) is 11.3. The number of phenols is 1. The van der Waals surface area contributed by atoms with Gasteiger partial charge in [0.05, 0.1) is 5.69 Å². The van der Waals surface area contributed by atoms with Crippen molar-refractivity contribution >= 4 is 18.2 Å². The summed E-state index contributed by atoms with van der Waals surface area (Å²) in [7, 11) is 0. The van der Waals surface area contributed by atoms with E-state index >= 15 is 0 Å². The molecule has 0 aliphatic rings. The number of hydrogen-bond donors (Lipinski definition) is 1. The van der Waals surface area contributed by atoms with Gasteiger partial charge in [-0.25, -0.2) is 9.98 Å². The van der Waals surface area contributed by atoms with Gasteiger partial charge in [-0.05, 0) is 66.7 Å². The highest BCUT2D eigenvalue weighted by Gasteiger charge is 2.05. The second-order valence-electron chi connectivity index (χ2n) is 5.39. The van der Waals surface area contributed by atoms with Gasteiger partial charge in [-0.1, -0.05) is 18.2 Å². The van der Waals surface area contributed by atoms with Crippen molar-refractivity contribution in [2.24, 2.45) is 9.98 Å². The molecule has 0 saturated carbocycles. The van der Waals surface area contributed by atoms with E-state index in [2.05, 4.69) is 21.7 Å². The molecule has 24 heavy (non-hydrogen) atoms. The number of benzene rings is 2. The summed E-state index contributed by atoms with van der Waals surface area (Å²) in [5.41, 5.74) is 4.65. The first-order valence-electron chi connectivity index (χ1n) is 7.53. The molecular weight excluding hydrogens is 298 g/mol. The highest BCUT2D eigenvalue weighted by atomic mass is 16.3. The maximum Gasteiger partial charge on any atom is 0.160 e. The third-order valence-electron chi connectivity index (χ3n) is 3.67. The highest BCUT2D eigenvalue weighted by Crippen LogP contribution is 2.28. The van der Waals surface area contributed by atoms with E-state index < -0.39 is 0 Å². The number of aryl methyl sites for hydroxylation is 1. The number of amidine groups is 1. The first kappa shape index (κ1) is 15.6. The molecule has 4 nitrogen and oxygen atoms in total. The monoisotopic (exact) mass is 315 g/mol. The van der Waals surface area contributed by atoms with Gasteiger partial charge in [-0.2, -0.15) is 0 Å². The topological polar surface area (TPSA) is 57.8 Å². The van der Waals surface area contributed by atoms with Gasteiger partial charge < -0.3 is 5.11 Å². The van der Waals surface area contributed by atoms with Crippen LogP contribution in [0.5, 0.6) is 5.75 Å². The molecule has 1 heterocycles. The lowest BCUT2D eigenvalue weighted by Gasteiger charge is -2.07. The van der Waals surface area contributed by atoms with Crippen LogP contribution in [0, 0.1) is 6.92 Å². The Morgan fingerprint density at radius 1 is 1.04 bits per heavy atom. The zero-order chi connectivity index (χ0) is 16.9. The third-order valence-corrected chi connectivity index (χ3v) is 3.67. The van der Waals surface area contributed by atoms with Crippen molar-refractivity contribution in [3.05, 3.63) is 78.1 Å². The molecule has 0 amide bonds. The number of nitrogens with zero attached hydrogens (tertiary/aromatic N) is 3. The molecule has 0 aliphatic carbocycles. The maximum absolute atomic E-state index is 9.63. The van der Waals surface area contributed by atoms with Gasteiger partial charge >= 0.3 is 0 Å². The molecule has 0 saturated heterocycles. The smallest absolute Gasteiger partial charge is 0.160 e. The lowest BCUT2D eigenvalue weighted by atomic mass is 10.0. The Labute approximate surface area is 140 Å². The molecule has 2 aromatic carbocycles. The van der Waals surface area contributed by atoms with Gasteiger partial charge in [0.15, 0.2) is 5.84 Å². The molecule has 0 spiro atoms. The van der Waals surface area contributed by atoms with Gasteiger partial charge in [0.2, 0.25) is 0 Å². The van der Waals surface area contributed by atoms with Crippen molar-refractivity contribution in [2.45, 2.75) is 6.92 Å². The van der Waals surface area contributed by atoms with Crippen LogP contribution in [-0.2, 0) is 0 Å². The molecule has 3 rings (SSSR count). The second kappa shape index (κ2) is 6.87. The molecule has 0 fully saturated rings. The lowest BCUT2D eigenvalue weighted by Crippen LogP contribution is -1.96. The van der Waals surface area contributed by atoms with Crippen molar-refractivity contribution in [1.82, 2.24) is 4.98 Å². The van der Waals surface area contributed by atoms with Crippen molar-refractivity contribution < 1.29 is 5.11 Å². The zero-order valence-corrected chi connectivity index (χ0v) is 13.3. The lowest BCUT2D eigenvalue weighted by molar-refractivity contribution is 0.475. The minimum atomic E-state index is 0.252. The SMILES string of the molecule is C=NC(=Nc1ccc(-c2cccc(O)c2)cc1C)c1cccnc1. The molecule has 0 bridgehead atoms. The number of phenolic OH excluding ortho intramolecular Hbond substituents is 1. The minimum Gasteiger partial charge on any atom is -0.508 e. The predicted molar refractivity (Wildman–Crippen MR) is 98.3 cm³/mol. The molecule has 118 valence electrons. The van der Waals surface area contributed by atoms with Crippen LogP contribution in [-0.4, -0.2) is 22.6 Å². The Kier molecular flexibility index (Phi) is 4.47. The summed E-state index contributed by atoms with van der Waals surface area (Å²) in [5, 5.41) is 9.63. The van der Waals surface area contributed by atoms with Crippen LogP contribution < -0.4 is 0 Å². The van der Waals surface area contributed by atoms with E-state index in [9.17, 15) is 5.11 Å². The third kappa shape index (κ3) is 3.38. The summed E-state index contributed by atoms with van der Waals surface area (Å²) in [6, 6.07) is 16.9. The van der Waals surface area contributed by atoms with E-state index in [1.54, 1.807) is 24.5 Å².